The first-order valence-corrected chi connectivity index (χ1v) is 9.00. The Morgan fingerprint density at radius 2 is 1.31 bits per heavy atom. The minimum atomic E-state index is 0.0828. The Morgan fingerprint density at radius 1 is 0.654 bits per heavy atom. The topological polar surface area (TPSA) is 18.5 Å². The van der Waals surface area contributed by atoms with E-state index in [9.17, 15) is 0 Å². The molecule has 3 rings (SSSR count). The van der Waals surface area contributed by atoms with Crippen LogP contribution in [0.5, 0.6) is 11.5 Å². The van der Waals surface area contributed by atoms with Crippen LogP contribution in [0.3, 0.4) is 0 Å². The molecule has 26 heavy (non-hydrogen) atoms. The SMILES string of the molecule is CC(C)(C)COc1cc(-c2ccccc2)ccc1OCc1ccccc1. The molecule has 0 atom stereocenters. The third-order valence-electron chi connectivity index (χ3n) is 3.95. The Balaban J connectivity index is 1.84. The van der Waals surface area contributed by atoms with Crippen molar-refractivity contribution in [2.75, 3.05) is 6.61 Å². The van der Waals surface area contributed by atoms with E-state index in [0.29, 0.717) is 13.2 Å². The normalized spacial score (nSPS) is 11.2. The zero-order chi connectivity index (χ0) is 18.4. The molecule has 2 heteroatoms. The Kier molecular flexibility index (Phi) is 5.62. The predicted octanol–water partition coefficient (Wildman–Crippen LogP) is 6.36. The Hall–Kier alpha value is -2.74. The van der Waals surface area contributed by atoms with E-state index < -0.39 is 0 Å². The summed E-state index contributed by atoms with van der Waals surface area (Å²) in [5.41, 5.74) is 3.52. The van der Waals surface area contributed by atoms with Gasteiger partial charge in [0.1, 0.15) is 6.61 Å². The van der Waals surface area contributed by atoms with Crippen LogP contribution in [-0.2, 0) is 6.61 Å². The van der Waals surface area contributed by atoms with E-state index in [1.165, 1.54) is 5.56 Å². The van der Waals surface area contributed by atoms with Crippen molar-refractivity contribution in [3.05, 3.63) is 84.4 Å². The average Bonchev–Trinajstić information content (AvgIpc) is 2.66. The minimum absolute atomic E-state index is 0.0828. The van der Waals surface area contributed by atoms with E-state index in [1.807, 2.05) is 42.5 Å². The molecular formula is C24H26O2. The molecule has 3 aromatic rings. The van der Waals surface area contributed by atoms with Crippen molar-refractivity contribution in [1.82, 2.24) is 0 Å². The summed E-state index contributed by atoms with van der Waals surface area (Å²) < 4.78 is 12.2. The molecule has 0 radical (unpaired) electrons. The van der Waals surface area contributed by atoms with Crippen molar-refractivity contribution in [1.29, 1.82) is 0 Å². The van der Waals surface area contributed by atoms with Crippen LogP contribution in [0.15, 0.2) is 78.9 Å². The Labute approximate surface area is 156 Å². The quantitative estimate of drug-likeness (QED) is 0.517. The molecule has 0 aliphatic carbocycles. The highest BCUT2D eigenvalue weighted by Crippen LogP contribution is 2.34. The lowest BCUT2D eigenvalue weighted by molar-refractivity contribution is 0.186. The van der Waals surface area contributed by atoms with E-state index in [0.717, 1.165) is 22.6 Å². The van der Waals surface area contributed by atoms with E-state index in [-0.39, 0.29) is 5.41 Å². The fourth-order valence-electron chi connectivity index (χ4n) is 2.58. The standard InChI is InChI=1S/C24H26O2/c1-24(2,3)18-26-23-16-21(20-12-8-5-9-13-20)14-15-22(23)25-17-19-10-6-4-7-11-19/h4-16H,17-18H2,1-3H3. The minimum Gasteiger partial charge on any atom is -0.489 e. The number of ether oxygens (including phenoxy) is 2. The summed E-state index contributed by atoms with van der Waals surface area (Å²) >= 11 is 0. The molecule has 0 aromatic heterocycles. The first kappa shape index (κ1) is 18.1. The summed E-state index contributed by atoms with van der Waals surface area (Å²) in [6, 6.07) is 26.7. The van der Waals surface area contributed by atoms with Gasteiger partial charge in [0.15, 0.2) is 11.5 Å². The monoisotopic (exact) mass is 346 g/mol. The summed E-state index contributed by atoms with van der Waals surface area (Å²) in [5, 5.41) is 0. The maximum absolute atomic E-state index is 6.13. The molecule has 0 saturated heterocycles. The molecule has 134 valence electrons. The van der Waals surface area contributed by atoms with E-state index in [2.05, 4.69) is 57.2 Å². The zero-order valence-corrected chi connectivity index (χ0v) is 15.7. The number of hydrogen-bond acceptors (Lipinski definition) is 2. The molecule has 0 amide bonds. The third-order valence-corrected chi connectivity index (χ3v) is 3.95. The number of rotatable bonds is 6. The van der Waals surface area contributed by atoms with Crippen LogP contribution >= 0.6 is 0 Å². The van der Waals surface area contributed by atoms with Gasteiger partial charge in [-0.05, 0) is 34.2 Å². The molecule has 0 bridgehead atoms. The maximum Gasteiger partial charge on any atom is 0.161 e. The molecule has 3 aromatic carbocycles. The fraction of sp³-hybridized carbons (Fsp3) is 0.250. The van der Waals surface area contributed by atoms with E-state index in [1.54, 1.807) is 0 Å². The Bertz CT molecular complexity index is 818. The van der Waals surface area contributed by atoms with Crippen molar-refractivity contribution in [2.24, 2.45) is 5.41 Å². The van der Waals surface area contributed by atoms with Crippen LogP contribution < -0.4 is 9.47 Å². The van der Waals surface area contributed by atoms with Crippen LogP contribution in [0.2, 0.25) is 0 Å². The molecule has 0 unspecified atom stereocenters. The van der Waals surface area contributed by atoms with Crippen molar-refractivity contribution < 1.29 is 9.47 Å². The molecule has 0 aliphatic heterocycles. The van der Waals surface area contributed by atoms with Crippen LogP contribution in [0.4, 0.5) is 0 Å². The van der Waals surface area contributed by atoms with Crippen LogP contribution in [0, 0.1) is 5.41 Å². The third kappa shape index (κ3) is 5.13. The van der Waals surface area contributed by atoms with Gasteiger partial charge in [-0.2, -0.15) is 0 Å². The van der Waals surface area contributed by atoms with Gasteiger partial charge in [0, 0.05) is 0 Å². The van der Waals surface area contributed by atoms with Crippen molar-refractivity contribution >= 4 is 0 Å². The van der Waals surface area contributed by atoms with Gasteiger partial charge >= 0.3 is 0 Å². The lowest BCUT2D eigenvalue weighted by Gasteiger charge is -2.21. The summed E-state index contributed by atoms with van der Waals surface area (Å²) in [6.07, 6.45) is 0. The van der Waals surface area contributed by atoms with E-state index >= 15 is 0 Å². The maximum atomic E-state index is 6.13. The molecule has 0 aliphatic rings. The van der Waals surface area contributed by atoms with Gasteiger partial charge in [-0.15, -0.1) is 0 Å². The molecule has 0 N–H and O–H groups in total. The van der Waals surface area contributed by atoms with Gasteiger partial charge in [-0.25, -0.2) is 0 Å². The zero-order valence-electron chi connectivity index (χ0n) is 15.7. The molecular weight excluding hydrogens is 320 g/mol. The van der Waals surface area contributed by atoms with Crippen molar-refractivity contribution in [2.45, 2.75) is 27.4 Å². The lowest BCUT2D eigenvalue weighted by atomic mass is 9.98. The van der Waals surface area contributed by atoms with Crippen molar-refractivity contribution in [3.63, 3.8) is 0 Å². The second kappa shape index (κ2) is 8.09. The summed E-state index contributed by atoms with van der Waals surface area (Å²) in [6.45, 7) is 7.65. The van der Waals surface area contributed by atoms with Gasteiger partial charge in [0.25, 0.3) is 0 Å². The first-order valence-electron chi connectivity index (χ1n) is 9.00. The average molecular weight is 346 g/mol. The Morgan fingerprint density at radius 3 is 1.96 bits per heavy atom. The van der Waals surface area contributed by atoms with Crippen LogP contribution in [0.1, 0.15) is 26.3 Å². The highest BCUT2D eigenvalue weighted by molar-refractivity contribution is 5.67. The second-order valence-corrected chi connectivity index (χ2v) is 7.65. The number of benzene rings is 3. The molecule has 0 fully saturated rings. The summed E-state index contributed by atoms with van der Waals surface area (Å²) in [4.78, 5) is 0. The predicted molar refractivity (Wildman–Crippen MR) is 108 cm³/mol. The highest BCUT2D eigenvalue weighted by atomic mass is 16.5. The van der Waals surface area contributed by atoms with Gasteiger partial charge in [-0.1, -0.05) is 87.5 Å². The summed E-state index contributed by atoms with van der Waals surface area (Å²) in [5.74, 6) is 1.56. The van der Waals surface area contributed by atoms with Gasteiger partial charge in [-0.3, -0.25) is 0 Å². The van der Waals surface area contributed by atoms with Crippen LogP contribution in [-0.4, -0.2) is 6.61 Å². The highest BCUT2D eigenvalue weighted by Gasteiger charge is 2.14. The first-order chi connectivity index (χ1) is 12.5. The smallest absolute Gasteiger partial charge is 0.161 e. The lowest BCUT2D eigenvalue weighted by Crippen LogP contribution is -2.17. The number of hydrogen-bond donors (Lipinski definition) is 0. The summed E-state index contributed by atoms with van der Waals surface area (Å²) in [7, 11) is 0. The van der Waals surface area contributed by atoms with E-state index in [4.69, 9.17) is 9.47 Å². The molecule has 0 spiro atoms. The molecule has 2 nitrogen and oxygen atoms in total. The van der Waals surface area contributed by atoms with Gasteiger partial charge in [0.2, 0.25) is 0 Å². The second-order valence-electron chi connectivity index (χ2n) is 7.65. The molecule has 0 heterocycles. The van der Waals surface area contributed by atoms with Gasteiger partial charge in [0.05, 0.1) is 6.61 Å². The largest absolute Gasteiger partial charge is 0.489 e. The van der Waals surface area contributed by atoms with Crippen LogP contribution in [0.25, 0.3) is 11.1 Å². The molecule has 0 saturated carbocycles. The van der Waals surface area contributed by atoms with Gasteiger partial charge < -0.3 is 9.47 Å². The van der Waals surface area contributed by atoms with Crippen molar-refractivity contribution in [3.8, 4) is 22.6 Å². The fourth-order valence-corrected chi connectivity index (χ4v) is 2.58.